The summed E-state index contributed by atoms with van der Waals surface area (Å²) in [6, 6.07) is 6.95. The van der Waals surface area contributed by atoms with Crippen LogP contribution in [-0.4, -0.2) is 26.8 Å². The number of fused-ring (bicyclic) bond motifs is 1. The summed E-state index contributed by atoms with van der Waals surface area (Å²) in [6.07, 6.45) is -5.65. The first-order valence-corrected chi connectivity index (χ1v) is 10.1. The minimum absolute atomic E-state index is 0.0673. The van der Waals surface area contributed by atoms with Gasteiger partial charge in [-0.25, -0.2) is 21.6 Å². The van der Waals surface area contributed by atoms with Crippen molar-refractivity contribution in [1.29, 1.82) is 5.26 Å². The lowest BCUT2D eigenvalue weighted by Gasteiger charge is -2.17. The molecule has 0 spiro atoms. The predicted molar refractivity (Wildman–Crippen MR) is 94.0 cm³/mol. The minimum atomic E-state index is -3.93. The third-order valence-electron chi connectivity index (χ3n) is 4.26. The van der Waals surface area contributed by atoms with E-state index < -0.39 is 50.5 Å². The Morgan fingerprint density at radius 2 is 1.86 bits per heavy atom. The predicted octanol–water partition coefficient (Wildman–Crippen LogP) is 3.86. The molecule has 0 saturated heterocycles. The van der Waals surface area contributed by atoms with Crippen LogP contribution >= 0.6 is 0 Å². The average molecular weight is 425 g/mol. The Labute approximate surface area is 164 Å². The number of benzene rings is 2. The molecule has 2 aromatic carbocycles. The molecule has 0 amide bonds. The largest absolute Gasteiger partial charge is 0.457 e. The highest BCUT2D eigenvalue weighted by molar-refractivity contribution is 7.90. The van der Waals surface area contributed by atoms with Gasteiger partial charge in [0, 0.05) is 30.4 Å². The molecule has 0 aliphatic heterocycles. The SMILES string of the molecule is CC(=O)O[C@H]1c2c(S(C)(=O)=O)ccc(Oc3cc(F)cc(C#N)c3)c2[C@@H](F)[C@H]1F. The number of alkyl halides is 2. The Balaban J connectivity index is 2.20. The molecule has 0 N–H and O–H groups in total. The van der Waals surface area contributed by atoms with Gasteiger partial charge in [0.25, 0.3) is 0 Å². The summed E-state index contributed by atoms with van der Waals surface area (Å²) in [5, 5.41) is 8.93. The molecule has 10 heteroatoms. The van der Waals surface area contributed by atoms with E-state index in [0.717, 1.165) is 37.4 Å². The van der Waals surface area contributed by atoms with E-state index in [9.17, 15) is 26.4 Å². The molecule has 1 aliphatic rings. The minimum Gasteiger partial charge on any atom is -0.457 e. The fraction of sp³-hybridized carbons (Fsp3) is 0.263. The van der Waals surface area contributed by atoms with Crippen LogP contribution in [0.1, 0.15) is 35.9 Å². The first kappa shape index (κ1) is 20.7. The van der Waals surface area contributed by atoms with Crippen LogP contribution in [0.25, 0.3) is 0 Å². The molecule has 6 nitrogen and oxygen atoms in total. The first-order chi connectivity index (χ1) is 13.5. The second kappa shape index (κ2) is 7.40. The Kier molecular flexibility index (Phi) is 5.28. The van der Waals surface area contributed by atoms with Crippen molar-refractivity contribution in [2.45, 2.75) is 30.3 Å². The van der Waals surface area contributed by atoms with E-state index in [1.54, 1.807) is 6.07 Å². The molecule has 0 radical (unpaired) electrons. The quantitative estimate of drug-likeness (QED) is 0.691. The van der Waals surface area contributed by atoms with Crippen LogP contribution in [0, 0.1) is 17.1 Å². The zero-order valence-electron chi connectivity index (χ0n) is 15.1. The van der Waals surface area contributed by atoms with Crippen molar-refractivity contribution < 1.29 is 35.9 Å². The summed E-state index contributed by atoms with van der Waals surface area (Å²) < 4.78 is 77.6. The number of esters is 1. The second-order valence-electron chi connectivity index (χ2n) is 6.43. The van der Waals surface area contributed by atoms with Gasteiger partial charge in [-0.2, -0.15) is 5.26 Å². The third kappa shape index (κ3) is 3.91. The first-order valence-electron chi connectivity index (χ1n) is 8.23. The molecular formula is C19H14F3NO5S. The number of sulfone groups is 1. The third-order valence-corrected chi connectivity index (χ3v) is 5.41. The van der Waals surface area contributed by atoms with Crippen LogP contribution in [0.3, 0.4) is 0 Å². The van der Waals surface area contributed by atoms with Gasteiger partial charge in [0.15, 0.2) is 28.3 Å². The fourth-order valence-electron chi connectivity index (χ4n) is 3.17. The van der Waals surface area contributed by atoms with Crippen LogP contribution in [-0.2, 0) is 19.4 Å². The van der Waals surface area contributed by atoms with Gasteiger partial charge >= 0.3 is 5.97 Å². The van der Waals surface area contributed by atoms with Gasteiger partial charge in [0.2, 0.25) is 0 Å². The summed E-state index contributed by atoms with van der Waals surface area (Å²) >= 11 is 0. The highest BCUT2D eigenvalue weighted by Crippen LogP contribution is 2.52. The highest BCUT2D eigenvalue weighted by atomic mass is 32.2. The van der Waals surface area contributed by atoms with Crippen molar-refractivity contribution in [3.63, 3.8) is 0 Å². The smallest absolute Gasteiger partial charge is 0.303 e. The summed E-state index contributed by atoms with van der Waals surface area (Å²) in [5.74, 6) is -2.17. The Bertz CT molecular complexity index is 1140. The lowest BCUT2D eigenvalue weighted by atomic mass is 10.1. The molecule has 2 aromatic rings. The molecule has 0 fully saturated rings. The molecule has 0 unspecified atom stereocenters. The van der Waals surface area contributed by atoms with E-state index in [0.29, 0.717) is 0 Å². The number of carbonyl (C=O) groups excluding carboxylic acids is 1. The summed E-state index contributed by atoms with van der Waals surface area (Å²) in [7, 11) is -3.93. The molecule has 0 bridgehead atoms. The molecule has 29 heavy (non-hydrogen) atoms. The number of hydrogen-bond donors (Lipinski definition) is 0. The molecule has 3 rings (SSSR count). The Hall–Kier alpha value is -3.06. The van der Waals surface area contributed by atoms with Crippen molar-refractivity contribution >= 4 is 15.8 Å². The number of halogens is 3. The number of ether oxygens (including phenoxy) is 2. The lowest BCUT2D eigenvalue weighted by molar-refractivity contribution is -0.150. The molecular weight excluding hydrogens is 411 g/mol. The molecule has 1 aliphatic carbocycles. The van der Waals surface area contributed by atoms with Gasteiger partial charge in [-0.15, -0.1) is 0 Å². The van der Waals surface area contributed by atoms with E-state index in [1.165, 1.54) is 6.07 Å². The number of nitrogens with zero attached hydrogens (tertiary/aromatic N) is 1. The van der Waals surface area contributed by atoms with Crippen LogP contribution in [0.4, 0.5) is 13.2 Å². The molecule has 0 aromatic heterocycles. The van der Waals surface area contributed by atoms with Crippen LogP contribution in [0.5, 0.6) is 11.5 Å². The number of hydrogen-bond acceptors (Lipinski definition) is 6. The van der Waals surface area contributed by atoms with Crippen molar-refractivity contribution in [3.05, 3.63) is 52.8 Å². The maximum atomic E-state index is 14.8. The van der Waals surface area contributed by atoms with Gasteiger partial charge < -0.3 is 9.47 Å². The number of rotatable bonds is 4. The van der Waals surface area contributed by atoms with E-state index >= 15 is 0 Å². The summed E-state index contributed by atoms with van der Waals surface area (Å²) in [5.41, 5.74) is -0.881. The number of carbonyl (C=O) groups is 1. The lowest BCUT2D eigenvalue weighted by Crippen LogP contribution is -2.18. The fourth-order valence-corrected chi connectivity index (χ4v) is 4.12. The molecule has 0 heterocycles. The zero-order chi connectivity index (χ0) is 21.5. The van der Waals surface area contributed by atoms with Crippen molar-refractivity contribution in [1.82, 2.24) is 0 Å². The van der Waals surface area contributed by atoms with Crippen molar-refractivity contribution in [2.75, 3.05) is 6.26 Å². The topological polar surface area (TPSA) is 93.5 Å². The van der Waals surface area contributed by atoms with Crippen LogP contribution < -0.4 is 4.74 Å². The summed E-state index contributed by atoms with van der Waals surface area (Å²) in [6.45, 7) is 0.981. The number of nitriles is 1. The van der Waals surface area contributed by atoms with E-state index in [-0.39, 0.29) is 22.6 Å². The van der Waals surface area contributed by atoms with Crippen LogP contribution in [0.15, 0.2) is 35.2 Å². The van der Waals surface area contributed by atoms with Gasteiger partial charge in [0.1, 0.15) is 17.3 Å². The normalized spacial score (nSPS) is 20.6. The van der Waals surface area contributed by atoms with Crippen LogP contribution in [0.2, 0.25) is 0 Å². The molecule has 152 valence electrons. The Morgan fingerprint density at radius 1 is 1.17 bits per heavy atom. The average Bonchev–Trinajstić information content (AvgIpc) is 2.85. The van der Waals surface area contributed by atoms with Gasteiger partial charge in [-0.05, 0) is 24.3 Å². The second-order valence-corrected chi connectivity index (χ2v) is 8.41. The van der Waals surface area contributed by atoms with E-state index in [1.807, 2.05) is 0 Å². The summed E-state index contributed by atoms with van der Waals surface area (Å²) in [4.78, 5) is 10.9. The maximum absolute atomic E-state index is 14.8. The monoisotopic (exact) mass is 425 g/mol. The highest BCUT2D eigenvalue weighted by Gasteiger charge is 2.48. The molecule has 3 atom stereocenters. The van der Waals surface area contributed by atoms with Crippen molar-refractivity contribution in [2.24, 2.45) is 0 Å². The van der Waals surface area contributed by atoms with E-state index in [2.05, 4.69) is 0 Å². The standard InChI is InChI=1S/C19H14F3NO5S/c1-9(24)27-19-16-14(29(2,25)26)4-3-13(15(16)17(21)18(19)22)28-12-6-10(8-23)5-11(20)7-12/h3-7,17-19H,1-2H3/t17-,18-,19+/m1/s1. The van der Waals surface area contributed by atoms with Gasteiger partial charge in [-0.1, -0.05) is 0 Å². The molecule has 0 saturated carbocycles. The van der Waals surface area contributed by atoms with E-state index in [4.69, 9.17) is 14.7 Å². The van der Waals surface area contributed by atoms with Gasteiger partial charge in [-0.3, -0.25) is 4.79 Å². The maximum Gasteiger partial charge on any atom is 0.303 e. The van der Waals surface area contributed by atoms with Gasteiger partial charge in [0.05, 0.1) is 16.5 Å². The Morgan fingerprint density at radius 3 is 2.45 bits per heavy atom. The van der Waals surface area contributed by atoms with Crippen molar-refractivity contribution in [3.8, 4) is 17.6 Å². The zero-order valence-corrected chi connectivity index (χ0v) is 16.0.